The molecule has 0 aliphatic rings. The number of hydrogen-bond donors (Lipinski definition) is 1. The number of amides is 1. The first-order valence-corrected chi connectivity index (χ1v) is 4.16. The molecule has 0 saturated heterocycles. The Labute approximate surface area is 81.0 Å². The van der Waals surface area contributed by atoms with Crippen LogP contribution in [0, 0.1) is 0 Å². The van der Waals surface area contributed by atoms with E-state index in [2.05, 4.69) is 4.98 Å². The highest BCUT2D eigenvalue weighted by molar-refractivity contribution is 5.76. The summed E-state index contributed by atoms with van der Waals surface area (Å²) in [6.45, 7) is 0. The first kappa shape index (κ1) is 8.50. The van der Waals surface area contributed by atoms with Gasteiger partial charge in [0.25, 0.3) is 0 Å². The first-order valence-electron chi connectivity index (χ1n) is 4.16. The highest BCUT2D eigenvalue weighted by Gasteiger charge is 2.03. The predicted octanol–water partition coefficient (Wildman–Crippen LogP) is 1.48. The highest BCUT2D eigenvalue weighted by atomic mass is 16.2. The molecule has 0 saturated carbocycles. The number of nitrogens with two attached hydrogens (primary N) is 1. The van der Waals surface area contributed by atoms with Crippen molar-refractivity contribution < 1.29 is 4.79 Å². The van der Waals surface area contributed by atoms with Crippen LogP contribution in [-0.4, -0.2) is 15.6 Å². The Morgan fingerprint density at radius 1 is 1.29 bits per heavy atom. The van der Waals surface area contributed by atoms with E-state index in [1.165, 1.54) is 10.9 Å². The standard InChI is InChI=1S/C10H9N3O/c11-10(14)13-6-9(12-7-13)8-4-2-1-3-5-8/h1-7H,(H2,11,14). The Morgan fingerprint density at radius 2 is 2.00 bits per heavy atom. The van der Waals surface area contributed by atoms with Crippen molar-refractivity contribution in [3.8, 4) is 11.3 Å². The summed E-state index contributed by atoms with van der Waals surface area (Å²) in [5.74, 6) is 0. The number of rotatable bonds is 1. The third-order valence-corrected chi connectivity index (χ3v) is 1.91. The van der Waals surface area contributed by atoms with E-state index in [0.29, 0.717) is 0 Å². The van der Waals surface area contributed by atoms with Gasteiger partial charge >= 0.3 is 6.03 Å². The summed E-state index contributed by atoms with van der Waals surface area (Å²) < 4.78 is 1.25. The minimum Gasteiger partial charge on any atom is -0.351 e. The number of nitrogens with zero attached hydrogens (tertiary/aromatic N) is 2. The monoisotopic (exact) mass is 187 g/mol. The zero-order valence-corrected chi connectivity index (χ0v) is 7.42. The third-order valence-electron chi connectivity index (χ3n) is 1.91. The number of benzene rings is 1. The van der Waals surface area contributed by atoms with Gasteiger partial charge in [0.2, 0.25) is 0 Å². The Morgan fingerprint density at radius 3 is 2.57 bits per heavy atom. The van der Waals surface area contributed by atoms with Crippen LogP contribution < -0.4 is 5.73 Å². The van der Waals surface area contributed by atoms with Crippen molar-refractivity contribution in [1.82, 2.24) is 9.55 Å². The van der Waals surface area contributed by atoms with Gasteiger partial charge in [0.15, 0.2) is 0 Å². The number of aromatic nitrogens is 2. The summed E-state index contributed by atoms with van der Waals surface area (Å²) in [6.07, 6.45) is 3.02. The molecule has 1 aromatic heterocycles. The molecule has 2 aromatic rings. The Bertz CT molecular complexity index is 447. The average molecular weight is 187 g/mol. The van der Waals surface area contributed by atoms with Crippen molar-refractivity contribution in [1.29, 1.82) is 0 Å². The molecule has 0 spiro atoms. The van der Waals surface area contributed by atoms with Crippen molar-refractivity contribution in [2.75, 3.05) is 0 Å². The predicted molar refractivity (Wildman–Crippen MR) is 52.6 cm³/mol. The molecule has 0 radical (unpaired) electrons. The van der Waals surface area contributed by atoms with Crippen molar-refractivity contribution in [2.45, 2.75) is 0 Å². The van der Waals surface area contributed by atoms with Crippen LogP contribution in [-0.2, 0) is 0 Å². The lowest BCUT2D eigenvalue weighted by molar-refractivity contribution is 0.250. The van der Waals surface area contributed by atoms with E-state index in [1.54, 1.807) is 6.20 Å². The van der Waals surface area contributed by atoms with Crippen molar-refractivity contribution in [2.24, 2.45) is 5.73 Å². The third kappa shape index (κ3) is 1.50. The normalized spacial score (nSPS) is 10.0. The fraction of sp³-hybridized carbons (Fsp3) is 0. The second kappa shape index (κ2) is 3.33. The zero-order valence-electron chi connectivity index (χ0n) is 7.42. The quantitative estimate of drug-likeness (QED) is 0.734. The van der Waals surface area contributed by atoms with E-state index < -0.39 is 6.03 Å². The van der Waals surface area contributed by atoms with Gasteiger partial charge in [0.05, 0.1) is 5.69 Å². The largest absolute Gasteiger partial charge is 0.351 e. The number of imidazole rings is 1. The Balaban J connectivity index is 2.39. The molecule has 70 valence electrons. The van der Waals surface area contributed by atoms with Crippen LogP contribution >= 0.6 is 0 Å². The molecule has 4 nitrogen and oxygen atoms in total. The van der Waals surface area contributed by atoms with Gasteiger partial charge in [-0.05, 0) is 0 Å². The van der Waals surface area contributed by atoms with Crippen LogP contribution in [0.2, 0.25) is 0 Å². The lowest BCUT2D eigenvalue weighted by Crippen LogP contribution is -2.17. The zero-order chi connectivity index (χ0) is 9.97. The minimum absolute atomic E-state index is 0.528. The Hall–Kier alpha value is -2.10. The molecule has 2 N–H and O–H groups in total. The second-order valence-electron chi connectivity index (χ2n) is 2.87. The molecule has 1 aromatic carbocycles. The topological polar surface area (TPSA) is 60.9 Å². The fourth-order valence-electron chi connectivity index (χ4n) is 1.20. The lowest BCUT2D eigenvalue weighted by atomic mass is 10.2. The molecule has 0 fully saturated rings. The molecule has 0 aliphatic carbocycles. The Kier molecular flexibility index (Phi) is 2.02. The van der Waals surface area contributed by atoms with Crippen molar-refractivity contribution in [3.63, 3.8) is 0 Å². The van der Waals surface area contributed by atoms with Crippen LogP contribution in [0.3, 0.4) is 0 Å². The van der Waals surface area contributed by atoms with Crippen molar-refractivity contribution in [3.05, 3.63) is 42.9 Å². The maximum absolute atomic E-state index is 10.8. The summed E-state index contributed by atoms with van der Waals surface area (Å²) in [5, 5.41) is 0. The molecule has 2 rings (SSSR count). The van der Waals surface area contributed by atoms with Gasteiger partial charge in [0.1, 0.15) is 6.33 Å². The van der Waals surface area contributed by atoms with E-state index in [9.17, 15) is 4.79 Å². The summed E-state index contributed by atoms with van der Waals surface area (Å²) in [5.41, 5.74) is 6.79. The number of carbonyl (C=O) groups is 1. The van der Waals surface area contributed by atoms with Gasteiger partial charge in [-0.2, -0.15) is 0 Å². The number of carbonyl (C=O) groups excluding carboxylic acids is 1. The van der Waals surface area contributed by atoms with E-state index >= 15 is 0 Å². The minimum atomic E-state index is -0.528. The van der Waals surface area contributed by atoms with Gasteiger partial charge in [0, 0.05) is 11.8 Å². The highest BCUT2D eigenvalue weighted by Crippen LogP contribution is 2.15. The smallest absolute Gasteiger partial charge is 0.324 e. The van der Waals surface area contributed by atoms with E-state index in [4.69, 9.17) is 5.73 Å². The first-order chi connectivity index (χ1) is 6.77. The van der Waals surface area contributed by atoms with E-state index in [1.807, 2.05) is 30.3 Å². The van der Waals surface area contributed by atoms with Crippen molar-refractivity contribution >= 4 is 6.03 Å². The molecule has 0 unspecified atom stereocenters. The van der Waals surface area contributed by atoms with Crippen LogP contribution in [0.1, 0.15) is 0 Å². The summed E-state index contributed by atoms with van der Waals surface area (Å²) in [7, 11) is 0. The second-order valence-corrected chi connectivity index (χ2v) is 2.87. The SMILES string of the molecule is NC(=O)n1cnc(-c2ccccc2)c1. The molecule has 1 heterocycles. The van der Waals surface area contributed by atoms with Gasteiger partial charge in [-0.15, -0.1) is 0 Å². The molecular weight excluding hydrogens is 178 g/mol. The van der Waals surface area contributed by atoms with Gasteiger partial charge in [-0.3, -0.25) is 4.57 Å². The van der Waals surface area contributed by atoms with E-state index in [0.717, 1.165) is 11.3 Å². The molecule has 1 amide bonds. The van der Waals surface area contributed by atoms with Crippen LogP contribution in [0.25, 0.3) is 11.3 Å². The average Bonchev–Trinajstić information content (AvgIpc) is 2.68. The van der Waals surface area contributed by atoms with Gasteiger partial charge < -0.3 is 5.73 Å². The van der Waals surface area contributed by atoms with Gasteiger partial charge in [-0.25, -0.2) is 9.78 Å². The molecule has 0 atom stereocenters. The fourth-order valence-corrected chi connectivity index (χ4v) is 1.20. The summed E-state index contributed by atoms with van der Waals surface area (Å²) in [6, 6.07) is 9.08. The molecule has 0 aliphatic heterocycles. The van der Waals surface area contributed by atoms with Crippen LogP contribution in [0.4, 0.5) is 4.79 Å². The lowest BCUT2D eigenvalue weighted by Gasteiger charge is -1.93. The molecule has 14 heavy (non-hydrogen) atoms. The summed E-state index contributed by atoms with van der Waals surface area (Å²) >= 11 is 0. The summed E-state index contributed by atoms with van der Waals surface area (Å²) in [4.78, 5) is 14.9. The maximum Gasteiger partial charge on any atom is 0.324 e. The van der Waals surface area contributed by atoms with E-state index in [-0.39, 0.29) is 0 Å². The molecule has 0 bridgehead atoms. The molecular formula is C10H9N3O. The number of primary amides is 1. The number of hydrogen-bond acceptors (Lipinski definition) is 2. The van der Waals surface area contributed by atoms with Gasteiger partial charge in [-0.1, -0.05) is 30.3 Å². The van der Waals surface area contributed by atoms with Crippen LogP contribution in [0.15, 0.2) is 42.9 Å². The molecule has 4 heteroatoms. The van der Waals surface area contributed by atoms with Crippen LogP contribution in [0.5, 0.6) is 0 Å². The maximum atomic E-state index is 10.8.